The standard InChI is InChI=1S/C23H15Cl2F7N4O4S/c1-39-21(37)23(4-5-23)18-17(9-33)35-36(19-14(24)7-13(8-15(19)25)41(28,29,30,31)32)20(18)34-22(38)40-10-11-2-3-12(26)6-16(11)27/h2-3,6-8H,4-5,10H2,1H3,(H,34,38). The molecule has 0 saturated heterocycles. The van der Waals surface area contributed by atoms with Crippen LogP contribution in [0.3, 0.4) is 0 Å². The van der Waals surface area contributed by atoms with E-state index in [9.17, 15) is 43.1 Å². The summed E-state index contributed by atoms with van der Waals surface area (Å²) in [6, 6.07) is 3.91. The number of nitrogens with one attached hydrogen (secondary N) is 1. The van der Waals surface area contributed by atoms with Gasteiger partial charge in [0, 0.05) is 11.6 Å². The first kappa shape index (κ1) is 30.3. The highest BCUT2D eigenvalue weighted by Crippen LogP contribution is 3.02. The molecule has 0 spiro atoms. The number of rotatable bonds is 7. The van der Waals surface area contributed by atoms with Crippen LogP contribution in [0.1, 0.15) is 29.7 Å². The number of carbonyl (C=O) groups excluding carboxylic acids is 2. The fraction of sp³-hybridized carbons (Fsp3) is 0.217. The van der Waals surface area contributed by atoms with Crippen molar-refractivity contribution >= 4 is 51.3 Å². The average Bonchev–Trinajstić information content (AvgIpc) is 3.58. The molecular formula is C23H15Cl2F7N4O4S. The molecular weight excluding hydrogens is 632 g/mol. The molecule has 8 nitrogen and oxygen atoms in total. The number of halogens is 9. The average molecular weight is 647 g/mol. The van der Waals surface area contributed by atoms with Crippen LogP contribution < -0.4 is 5.32 Å². The minimum absolute atomic E-state index is 0.0924. The number of esters is 1. The van der Waals surface area contributed by atoms with Crippen LogP contribution in [0.2, 0.25) is 10.0 Å². The zero-order valence-electron chi connectivity index (χ0n) is 20.3. The third kappa shape index (κ3) is 5.88. The van der Waals surface area contributed by atoms with Crippen LogP contribution in [-0.2, 0) is 26.3 Å². The summed E-state index contributed by atoms with van der Waals surface area (Å²) in [5.74, 6) is -3.33. The number of hydrogen-bond acceptors (Lipinski definition) is 6. The van der Waals surface area contributed by atoms with Gasteiger partial charge in [-0.1, -0.05) is 42.6 Å². The van der Waals surface area contributed by atoms with E-state index in [0.717, 1.165) is 19.2 Å². The molecule has 1 aliphatic carbocycles. The molecule has 41 heavy (non-hydrogen) atoms. The number of hydrogen-bond donors (Lipinski definition) is 1. The molecule has 1 saturated carbocycles. The van der Waals surface area contributed by atoms with Crippen molar-refractivity contribution in [3.05, 3.63) is 68.8 Å². The lowest BCUT2D eigenvalue weighted by molar-refractivity contribution is -0.143. The number of nitriles is 1. The van der Waals surface area contributed by atoms with E-state index in [1.54, 1.807) is 6.07 Å². The van der Waals surface area contributed by atoms with Crippen LogP contribution in [0.15, 0.2) is 35.2 Å². The van der Waals surface area contributed by atoms with Crippen molar-refractivity contribution in [3.63, 3.8) is 0 Å². The van der Waals surface area contributed by atoms with Gasteiger partial charge in [-0.15, -0.1) is 0 Å². The van der Waals surface area contributed by atoms with E-state index in [1.165, 1.54) is 0 Å². The normalized spacial score (nSPS) is 15.7. The van der Waals surface area contributed by atoms with Gasteiger partial charge in [0.2, 0.25) is 0 Å². The highest BCUT2D eigenvalue weighted by atomic mass is 35.5. The Balaban J connectivity index is 1.85. The first-order valence-electron chi connectivity index (χ1n) is 11.0. The lowest BCUT2D eigenvalue weighted by Gasteiger charge is -2.40. The molecule has 1 fully saturated rings. The fourth-order valence-corrected chi connectivity index (χ4v) is 5.44. The molecule has 220 valence electrons. The van der Waals surface area contributed by atoms with Crippen LogP contribution in [0.25, 0.3) is 5.69 Å². The highest BCUT2D eigenvalue weighted by molar-refractivity contribution is 8.45. The molecule has 0 bridgehead atoms. The predicted molar refractivity (Wildman–Crippen MR) is 133 cm³/mol. The molecule has 3 aromatic rings. The Labute approximate surface area is 236 Å². The number of methoxy groups -OCH3 is 1. The number of anilines is 1. The predicted octanol–water partition coefficient (Wildman–Crippen LogP) is 7.94. The lowest BCUT2D eigenvalue weighted by Crippen LogP contribution is -2.25. The number of ether oxygens (including phenoxy) is 2. The fourth-order valence-electron chi connectivity index (χ4n) is 3.99. The number of amides is 1. The maximum Gasteiger partial charge on any atom is 0.413 e. The van der Waals surface area contributed by atoms with Gasteiger partial charge in [-0.2, -0.15) is 10.4 Å². The smallest absolute Gasteiger partial charge is 0.413 e. The molecule has 18 heteroatoms. The van der Waals surface area contributed by atoms with Crippen molar-refractivity contribution in [1.82, 2.24) is 9.78 Å². The first-order valence-corrected chi connectivity index (χ1v) is 13.8. The van der Waals surface area contributed by atoms with E-state index >= 15 is 0 Å². The third-order valence-corrected chi connectivity index (χ3v) is 7.74. The first-order chi connectivity index (χ1) is 18.8. The van der Waals surface area contributed by atoms with Crippen molar-refractivity contribution < 1.29 is 47.3 Å². The molecule has 0 atom stereocenters. The minimum Gasteiger partial charge on any atom is -0.468 e. The second kappa shape index (κ2) is 9.43. The summed E-state index contributed by atoms with van der Waals surface area (Å²) in [6.45, 7) is -0.727. The topological polar surface area (TPSA) is 106 Å². The second-order valence-electron chi connectivity index (χ2n) is 8.81. The van der Waals surface area contributed by atoms with Crippen LogP contribution in [0, 0.1) is 23.0 Å². The summed E-state index contributed by atoms with van der Waals surface area (Å²) in [5.41, 5.74) is -3.20. The largest absolute Gasteiger partial charge is 0.468 e. The number of carbonyl (C=O) groups is 2. The summed E-state index contributed by atoms with van der Waals surface area (Å²) in [5, 5.41) is 13.8. The molecule has 0 radical (unpaired) electrons. The second-order valence-corrected chi connectivity index (χ2v) is 12.0. The van der Waals surface area contributed by atoms with E-state index in [0.29, 0.717) is 10.7 Å². The summed E-state index contributed by atoms with van der Waals surface area (Å²) in [7, 11) is -9.20. The Morgan fingerprint density at radius 1 is 1.12 bits per heavy atom. The maximum atomic E-state index is 14.0. The molecule has 2 aromatic carbocycles. The summed E-state index contributed by atoms with van der Waals surface area (Å²) < 4.78 is 105. The summed E-state index contributed by atoms with van der Waals surface area (Å²) in [4.78, 5) is 23.0. The summed E-state index contributed by atoms with van der Waals surface area (Å²) in [6.07, 6.45) is -1.16. The number of benzene rings is 2. The van der Waals surface area contributed by atoms with E-state index < -0.39 is 78.1 Å². The van der Waals surface area contributed by atoms with E-state index in [-0.39, 0.29) is 36.1 Å². The van der Waals surface area contributed by atoms with Gasteiger partial charge >= 0.3 is 22.3 Å². The monoisotopic (exact) mass is 646 g/mol. The van der Waals surface area contributed by atoms with E-state index in [1.807, 2.05) is 0 Å². The number of nitrogens with zero attached hydrogens (tertiary/aromatic N) is 3. The molecule has 1 N–H and O–H groups in total. The van der Waals surface area contributed by atoms with Crippen molar-refractivity contribution in [2.75, 3.05) is 12.4 Å². The minimum atomic E-state index is -10.2. The molecule has 1 aliphatic rings. The van der Waals surface area contributed by atoms with Crippen molar-refractivity contribution in [2.24, 2.45) is 0 Å². The molecule has 4 rings (SSSR count). The van der Waals surface area contributed by atoms with Crippen molar-refractivity contribution in [2.45, 2.75) is 29.8 Å². The molecule has 1 amide bonds. The summed E-state index contributed by atoms with van der Waals surface area (Å²) >= 11 is 11.9. The Kier molecular flexibility index (Phi) is 6.96. The van der Waals surface area contributed by atoms with Gasteiger partial charge in [-0.3, -0.25) is 10.1 Å². The van der Waals surface area contributed by atoms with Gasteiger partial charge in [0.15, 0.2) is 5.69 Å². The van der Waals surface area contributed by atoms with Crippen molar-refractivity contribution in [1.29, 1.82) is 5.26 Å². The Morgan fingerprint density at radius 2 is 1.73 bits per heavy atom. The lowest BCUT2D eigenvalue weighted by atomic mass is 9.95. The van der Waals surface area contributed by atoms with E-state index in [4.69, 9.17) is 32.7 Å². The van der Waals surface area contributed by atoms with Gasteiger partial charge in [0.1, 0.15) is 40.7 Å². The van der Waals surface area contributed by atoms with Gasteiger partial charge in [0.05, 0.1) is 28.1 Å². The Morgan fingerprint density at radius 3 is 2.22 bits per heavy atom. The Hall–Kier alpha value is -3.68. The third-order valence-electron chi connectivity index (χ3n) is 6.04. The zero-order chi connectivity index (χ0) is 30.6. The van der Waals surface area contributed by atoms with Gasteiger partial charge in [-0.25, -0.2) is 18.3 Å². The molecule has 0 aliphatic heterocycles. The zero-order valence-corrected chi connectivity index (χ0v) is 22.6. The maximum absolute atomic E-state index is 14.0. The molecule has 0 unspecified atom stereocenters. The van der Waals surface area contributed by atoms with Crippen molar-refractivity contribution in [3.8, 4) is 11.8 Å². The van der Waals surface area contributed by atoms with Crippen LogP contribution >= 0.6 is 33.4 Å². The SMILES string of the molecule is COC(=O)C1(c2c(C#N)nn(-c3c(Cl)cc(S(F)(F)(F)(F)F)cc3Cl)c2NC(=O)OCc2ccc(F)cc2F)CC1. The van der Waals surface area contributed by atoms with Crippen LogP contribution in [0.4, 0.5) is 38.8 Å². The quantitative estimate of drug-likeness (QED) is 0.206. The van der Waals surface area contributed by atoms with Crippen LogP contribution in [-0.4, -0.2) is 29.0 Å². The van der Waals surface area contributed by atoms with Crippen LogP contribution in [0.5, 0.6) is 0 Å². The van der Waals surface area contributed by atoms with Gasteiger partial charge < -0.3 is 9.47 Å². The van der Waals surface area contributed by atoms with E-state index in [2.05, 4.69) is 10.4 Å². The molecule has 1 heterocycles. The molecule has 1 aromatic heterocycles. The van der Waals surface area contributed by atoms with Gasteiger partial charge in [0.25, 0.3) is 0 Å². The highest BCUT2D eigenvalue weighted by Gasteiger charge is 2.66. The van der Waals surface area contributed by atoms with Gasteiger partial charge in [-0.05, 0) is 37.1 Å². The number of aromatic nitrogens is 2. The Bertz CT molecular complexity index is 1630.